The first-order valence-electron chi connectivity index (χ1n) is 14.0. The van der Waals surface area contributed by atoms with Gasteiger partial charge in [0.1, 0.15) is 54.9 Å². The van der Waals surface area contributed by atoms with E-state index < -0.39 is 118 Å². The van der Waals surface area contributed by atoms with Crippen LogP contribution in [0.25, 0.3) is 0 Å². The van der Waals surface area contributed by atoms with Crippen molar-refractivity contribution in [2.75, 3.05) is 19.8 Å². The lowest BCUT2D eigenvalue weighted by molar-refractivity contribution is -0.350. The third-order valence-corrected chi connectivity index (χ3v) is 8.03. The SMILES string of the molecule is N[C@H]1[C@H](OC2[C@@H](CO)O[C@@H](OC3[C@@H](CO)O[C@@H](O)[C@H](N)[C@H]3O)[C@H](NCc3ccc(C(=O)O)cc3)[C@H]2O)O[C@H](CO)[C@@H](O)[C@@H]1O. The highest BCUT2D eigenvalue weighted by Crippen LogP contribution is 2.32. The molecular formula is C26H41N3O15. The maximum absolute atomic E-state index is 11.6. The highest BCUT2D eigenvalue weighted by molar-refractivity contribution is 5.87. The van der Waals surface area contributed by atoms with Crippen LogP contribution in [-0.4, -0.2) is 164 Å². The van der Waals surface area contributed by atoms with E-state index in [0.29, 0.717) is 5.56 Å². The minimum absolute atomic E-state index is 0.0175. The first kappa shape index (κ1) is 34.9. The molecule has 3 fully saturated rings. The van der Waals surface area contributed by atoms with E-state index in [1.807, 2.05) is 0 Å². The smallest absolute Gasteiger partial charge is 0.335 e. The molecule has 1 aromatic carbocycles. The molecule has 3 aliphatic heterocycles. The van der Waals surface area contributed by atoms with Gasteiger partial charge in [0.25, 0.3) is 0 Å². The zero-order valence-electron chi connectivity index (χ0n) is 23.4. The quantitative estimate of drug-likeness (QED) is 0.108. The average molecular weight is 636 g/mol. The number of carboxylic acids is 1. The summed E-state index contributed by atoms with van der Waals surface area (Å²) in [5, 5.41) is 94.5. The summed E-state index contributed by atoms with van der Waals surface area (Å²) in [6.07, 6.45) is -17.4. The van der Waals surface area contributed by atoms with Crippen LogP contribution >= 0.6 is 0 Å². The zero-order chi connectivity index (χ0) is 32.3. The van der Waals surface area contributed by atoms with Crippen LogP contribution in [0.5, 0.6) is 0 Å². The lowest BCUT2D eigenvalue weighted by Gasteiger charge is -2.49. The van der Waals surface area contributed by atoms with E-state index in [1.165, 1.54) is 24.3 Å². The molecule has 1 aromatic rings. The van der Waals surface area contributed by atoms with Gasteiger partial charge >= 0.3 is 5.97 Å². The Balaban J connectivity index is 1.59. The maximum atomic E-state index is 11.6. The van der Waals surface area contributed by atoms with E-state index in [2.05, 4.69) is 5.32 Å². The first-order chi connectivity index (χ1) is 20.9. The van der Waals surface area contributed by atoms with Crippen molar-refractivity contribution >= 4 is 5.97 Å². The molecular weight excluding hydrogens is 594 g/mol. The van der Waals surface area contributed by atoms with Crippen molar-refractivity contribution in [1.82, 2.24) is 5.32 Å². The number of ether oxygens (including phenoxy) is 5. The molecule has 4 rings (SSSR count). The molecule has 2 unspecified atom stereocenters. The van der Waals surface area contributed by atoms with Crippen LogP contribution < -0.4 is 16.8 Å². The van der Waals surface area contributed by atoms with Gasteiger partial charge in [-0.15, -0.1) is 0 Å². The second-order valence-electron chi connectivity index (χ2n) is 10.9. The first-order valence-corrected chi connectivity index (χ1v) is 14.0. The summed E-state index contributed by atoms with van der Waals surface area (Å²) in [6.45, 7) is -2.11. The van der Waals surface area contributed by atoms with Crippen LogP contribution in [0.4, 0.5) is 0 Å². The molecule has 18 heteroatoms. The molecule has 14 N–H and O–H groups in total. The number of hydrogen-bond acceptors (Lipinski definition) is 17. The molecule has 0 aromatic heterocycles. The number of carboxylic acid groups (broad SMARTS) is 1. The van der Waals surface area contributed by atoms with Crippen LogP contribution in [0, 0.1) is 0 Å². The number of aliphatic hydroxyl groups is 8. The third kappa shape index (κ3) is 7.37. The predicted molar refractivity (Wildman–Crippen MR) is 143 cm³/mol. The fourth-order valence-corrected chi connectivity index (χ4v) is 5.37. The number of aliphatic hydroxyl groups excluding tert-OH is 8. The Labute approximate surface area is 251 Å². The fourth-order valence-electron chi connectivity index (χ4n) is 5.37. The molecule has 250 valence electrons. The lowest BCUT2D eigenvalue weighted by Crippen LogP contribution is -2.69. The number of benzene rings is 1. The topological polar surface area (TPSA) is 309 Å². The summed E-state index contributed by atoms with van der Waals surface area (Å²) in [6, 6.07) is 1.94. The third-order valence-electron chi connectivity index (χ3n) is 8.03. The van der Waals surface area contributed by atoms with Gasteiger partial charge in [0.15, 0.2) is 18.9 Å². The van der Waals surface area contributed by atoms with Crippen molar-refractivity contribution in [2.24, 2.45) is 11.5 Å². The Bertz CT molecular complexity index is 1070. The minimum atomic E-state index is -1.61. The molecule has 3 heterocycles. The van der Waals surface area contributed by atoms with Crippen LogP contribution in [-0.2, 0) is 30.2 Å². The average Bonchev–Trinajstić information content (AvgIpc) is 3.02. The van der Waals surface area contributed by atoms with Crippen LogP contribution in [0.15, 0.2) is 24.3 Å². The summed E-state index contributed by atoms with van der Waals surface area (Å²) >= 11 is 0. The van der Waals surface area contributed by atoms with Gasteiger partial charge in [-0.1, -0.05) is 12.1 Å². The number of rotatable bonds is 11. The second-order valence-corrected chi connectivity index (χ2v) is 10.9. The molecule has 18 nitrogen and oxygen atoms in total. The molecule has 0 aliphatic carbocycles. The van der Waals surface area contributed by atoms with Gasteiger partial charge in [0, 0.05) is 6.54 Å². The Morgan fingerprint density at radius 3 is 1.86 bits per heavy atom. The molecule has 44 heavy (non-hydrogen) atoms. The second kappa shape index (κ2) is 15.1. The highest BCUT2D eigenvalue weighted by Gasteiger charge is 2.53. The lowest BCUT2D eigenvalue weighted by atomic mass is 9.94. The summed E-state index contributed by atoms with van der Waals surface area (Å²) in [4.78, 5) is 11.2. The fraction of sp³-hybridized carbons (Fsp3) is 0.731. The monoisotopic (exact) mass is 635 g/mol. The predicted octanol–water partition coefficient (Wildman–Crippen LogP) is -6.14. The van der Waals surface area contributed by atoms with E-state index >= 15 is 0 Å². The van der Waals surface area contributed by atoms with Crippen molar-refractivity contribution in [2.45, 2.75) is 98.5 Å². The normalized spacial score (nSPS) is 43.1. The Hall–Kier alpha value is -1.95. The van der Waals surface area contributed by atoms with Gasteiger partial charge in [-0.3, -0.25) is 0 Å². The van der Waals surface area contributed by atoms with Crippen molar-refractivity contribution < 1.29 is 74.4 Å². The molecule has 0 bridgehead atoms. The zero-order valence-corrected chi connectivity index (χ0v) is 23.4. The molecule has 3 saturated heterocycles. The molecule has 15 atom stereocenters. The van der Waals surface area contributed by atoms with Gasteiger partial charge in [0.2, 0.25) is 0 Å². The summed E-state index contributed by atoms with van der Waals surface area (Å²) in [7, 11) is 0. The van der Waals surface area contributed by atoms with E-state index in [0.717, 1.165) is 0 Å². The Morgan fingerprint density at radius 1 is 0.727 bits per heavy atom. The van der Waals surface area contributed by atoms with E-state index in [-0.39, 0.29) is 12.1 Å². The van der Waals surface area contributed by atoms with E-state index in [4.69, 9.17) is 35.2 Å². The van der Waals surface area contributed by atoms with Crippen molar-refractivity contribution in [3.05, 3.63) is 35.4 Å². The number of hydrogen-bond donors (Lipinski definition) is 12. The van der Waals surface area contributed by atoms with Gasteiger partial charge in [-0.05, 0) is 17.7 Å². The maximum Gasteiger partial charge on any atom is 0.335 e. The highest BCUT2D eigenvalue weighted by atomic mass is 16.7. The molecule has 3 aliphatic rings. The Morgan fingerprint density at radius 2 is 1.27 bits per heavy atom. The molecule has 0 radical (unpaired) electrons. The van der Waals surface area contributed by atoms with E-state index in [9.17, 15) is 50.8 Å². The van der Waals surface area contributed by atoms with Crippen LogP contribution in [0.2, 0.25) is 0 Å². The number of aromatic carboxylic acids is 1. The Kier molecular flexibility index (Phi) is 12.0. The van der Waals surface area contributed by atoms with Crippen molar-refractivity contribution in [1.29, 1.82) is 0 Å². The molecule has 0 spiro atoms. The largest absolute Gasteiger partial charge is 0.478 e. The van der Waals surface area contributed by atoms with Gasteiger partial charge in [-0.2, -0.15) is 0 Å². The van der Waals surface area contributed by atoms with Gasteiger partial charge < -0.3 is 86.4 Å². The number of carbonyl (C=O) groups is 1. The van der Waals surface area contributed by atoms with Gasteiger partial charge in [0.05, 0.1) is 43.5 Å². The summed E-state index contributed by atoms with van der Waals surface area (Å²) < 4.78 is 28.6. The van der Waals surface area contributed by atoms with E-state index in [1.54, 1.807) is 0 Å². The van der Waals surface area contributed by atoms with Crippen LogP contribution in [0.1, 0.15) is 15.9 Å². The van der Waals surface area contributed by atoms with Crippen LogP contribution in [0.3, 0.4) is 0 Å². The summed E-state index contributed by atoms with van der Waals surface area (Å²) in [5.41, 5.74) is 12.5. The minimum Gasteiger partial charge on any atom is -0.478 e. The standard InChI is InChI=1S/C26H41N3O15/c27-14-19(35)21(12(7-31)40-24(14)39)44-26-16(29-5-9-1-3-10(4-2-9)23(37)38)20(36)22(13(8-32)42-26)43-25-15(28)18(34)17(33)11(6-30)41-25/h1-4,11-22,24-26,29-36,39H,5-8,27-28H2,(H,37,38)/t11-,12-,13-,14-,15-,16-,17-,18-,19-,20-,21?,22?,24-,25+,26+/m1/s1. The van der Waals surface area contributed by atoms with Gasteiger partial charge in [-0.25, -0.2) is 4.79 Å². The molecule has 0 saturated carbocycles. The molecule has 0 amide bonds. The summed E-state index contributed by atoms with van der Waals surface area (Å²) in [5.74, 6) is -1.12. The van der Waals surface area contributed by atoms with Crippen molar-refractivity contribution in [3.63, 3.8) is 0 Å². The van der Waals surface area contributed by atoms with Crippen molar-refractivity contribution in [3.8, 4) is 0 Å². The number of nitrogens with two attached hydrogens (primary N) is 2. The number of nitrogens with one attached hydrogen (secondary N) is 1.